The van der Waals surface area contributed by atoms with E-state index in [4.69, 9.17) is 21.6 Å². The van der Waals surface area contributed by atoms with Crippen molar-refractivity contribution in [2.45, 2.75) is 61.6 Å². The quantitative estimate of drug-likeness (QED) is 0.169. The van der Waals surface area contributed by atoms with Crippen LogP contribution in [0.25, 0.3) is 11.2 Å². The van der Waals surface area contributed by atoms with Crippen molar-refractivity contribution < 1.29 is 15.0 Å². The summed E-state index contributed by atoms with van der Waals surface area (Å²) in [6.45, 7) is 2.09. The van der Waals surface area contributed by atoms with Crippen LogP contribution >= 0.6 is 23.4 Å². The van der Waals surface area contributed by atoms with Gasteiger partial charge in [-0.25, -0.2) is 14.6 Å². The predicted molar refractivity (Wildman–Crippen MR) is 155 cm³/mol. The van der Waals surface area contributed by atoms with Crippen molar-refractivity contribution >= 4 is 51.9 Å². The summed E-state index contributed by atoms with van der Waals surface area (Å²) in [6, 6.07) is 16.6. The molecule has 2 aliphatic carbocycles. The molecule has 2 aliphatic rings. The van der Waals surface area contributed by atoms with E-state index in [0.29, 0.717) is 38.8 Å². The Labute approximate surface area is 240 Å². The lowest BCUT2D eigenvalue weighted by Crippen LogP contribution is -2.34. The minimum atomic E-state index is -1.27. The number of hydrogen-bond acceptors (Lipinski definition) is 9. The van der Waals surface area contributed by atoms with Gasteiger partial charge >= 0.3 is 0 Å². The molecule has 0 aliphatic heterocycles. The molecule has 4 aromatic rings. The first-order chi connectivity index (χ1) is 19.4. The van der Waals surface area contributed by atoms with Gasteiger partial charge < -0.3 is 20.8 Å². The average molecular weight is 580 g/mol. The van der Waals surface area contributed by atoms with Gasteiger partial charge in [-0.1, -0.05) is 65.8 Å². The maximum absolute atomic E-state index is 13.0. The minimum Gasteiger partial charge on any atom is -0.390 e. The van der Waals surface area contributed by atoms with Gasteiger partial charge in [0.2, 0.25) is 5.91 Å². The monoisotopic (exact) mass is 579 g/mol. The number of thioether (sulfide) groups is 1. The van der Waals surface area contributed by atoms with E-state index in [1.165, 1.54) is 10.2 Å². The Kier molecular flexibility index (Phi) is 7.63. The van der Waals surface area contributed by atoms with E-state index in [1.54, 1.807) is 36.0 Å². The van der Waals surface area contributed by atoms with Gasteiger partial charge in [0, 0.05) is 28.4 Å². The molecule has 6 atom stereocenters. The van der Waals surface area contributed by atoms with Crippen LogP contribution in [0.5, 0.6) is 0 Å². The number of carbonyl (C=O) groups is 1. The lowest BCUT2D eigenvalue weighted by atomic mass is 10.0. The first kappa shape index (κ1) is 26.9. The average Bonchev–Trinajstić information content (AvgIpc) is 3.50. The number of fused-ring (bicyclic) bond motifs is 1. The molecule has 2 heterocycles. The lowest BCUT2D eigenvalue weighted by molar-refractivity contribution is -0.123. The SMILES string of the molecule is CCCSc1nc(NC2CC2c2ccccc2)c2nnn(C3CC(C(=O)Nc4ccc(Cl)cc4)C(O)C3O)c2n1. The Balaban J connectivity index is 1.26. The number of rotatable bonds is 9. The molecule has 0 spiro atoms. The summed E-state index contributed by atoms with van der Waals surface area (Å²) in [4.78, 5) is 22.5. The highest BCUT2D eigenvalue weighted by molar-refractivity contribution is 7.99. The summed E-state index contributed by atoms with van der Waals surface area (Å²) in [5.74, 6) is 0.599. The number of hydrogen-bond donors (Lipinski definition) is 4. The number of amides is 1. The van der Waals surface area contributed by atoms with Crippen LogP contribution in [0, 0.1) is 5.92 Å². The number of aromatic nitrogens is 5. The summed E-state index contributed by atoms with van der Waals surface area (Å²) in [6.07, 6.45) is -0.386. The first-order valence-corrected chi connectivity index (χ1v) is 14.8. The lowest BCUT2D eigenvalue weighted by Gasteiger charge is -2.17. The van der Waals surface area contributed by atoms with Crippen LogP contribution in [0.2, 0.25) is 5.02 Å². The Morgan fingerprint density at radius 3 is 2.60 bits per heavy atom. The van der Waals surface area contributed by atoms with Crippen molar-refractivity contribution in [2.24, 2.45) is 5.92 Å². The van der Waals surface area contributed by atoms with Crippen molar-refractivity contribution in [1.29, 1.82) is 0 Å². The molecule has 0 radical (unpaired) electrons. The third-order valence-electron chi connectivity index (χ3n) is 7.49. The summed E-state index contributed by atoms with van der Waals surface area (Å²) >= 11 is 7.48. The Hall–Kier alpha value is -3.25. The largest absolute Gasteiger partial charge is 0.390 e. The van der Waals surface area contributed by atoms with Gasteiger partial charge in [0.05, 0.1) is 18.1 Å². The maximum atomic E-state index is 13.0. The molecule has 6 unspecified atom stereocenters. The number of carbonyl (C=O) groups excluding carboxylic acids is 1. The highest BCUT2D eigenvalue weighted by Crippen LogP contribution is 2.44. The van der Waals surface area contributed by atoms with Crippen molar-refractivity contribution in [3.8, 4) is 0 Å². The van der Waals surface area contributed by atoms with Crippen LogP contribution < -0.4 is 10.6 Å². The van der Waals surface area contributed by atoms with Crippen LogP contribution in [0.3, 0.4) is 0 Å². The van der Waals surface area contributed by atoms with E-state index in [2.05, 4.69) is 40.0 Å². The number of aliphatic hydroxyl groups excluding tert-OH is 2. The number of nitrogens with zero attached hydrogens (tertiary/aromatic N) is 5. The second-order valence-corrected chi connectivity index (χ2v) is 11.8. The number of aliphatic hydroxyl groups is 2. The number of benzene rings is 2. The summed E-state index contributed by atoms with van der Waals surface area (Å²) in [5.41, 5.74) is 2.79. The second-order valence-electron chi connectivity index (χ2n) is 10.3. The molecule has 40 heavy (non-hydrogen) atoms. The van der Waals surface area contributed by atoms with Gasteiger partial charge in [0.15, 0.2) is 22.1 Å². The number of nitrogens with one attached hydrogen (secondary N) is 2. The molecule has 208 valence electrons. The smallest absolute Gasteiger partial charge is 0.230 e. The van der Waals surface area contributed by atoms with Crippen molar-refractivity contribution in [3.05, 3.63) is 65.2 Å². The molecule has 12 heteroatoms. The fraction of sp³-hybridized carbons (Fsp3) is 0.393. The van der Waals surface area contributed by atoms with E-state index in [9.17, 15) is 15.0 Å². The standard InChI is InChI=1S/C28H30ClN7O3S/c1-2-12-40-28-32-25(31-20-13-18(20)15-6-4-3-5-7-15)22-26(33-28)36(35-34-22)21-14-19(23(37)24(21)38)27(39)30-17-10-8-16(29)9-11-17/h3-11,18-21,23-24,37-38H,2,12-14H2,1H3,(H,30,39)(H,31,32,33). The molecule has 0 saturated heterocycles. The first-order valence-electron chi connectivity index (χ1n) is 13.4. The van der Waals surface area contributed by atoms with E-state index in [1.807, 2.05) is 18.2 Å². The molecule has 4 N–H and O–H groups in total. The summed E-state index contributed by atoms with van der Waals surface area (Å²) in [5, 5.41) is 38.0. The summed E-state index contributed by atoms with van der Waals surface area (Å²) in [7, 11) is 0. The van der Waals surface area contributed by atoms with Gasteiger partial charge in [0.25, 0.3) is 0 Å². The van der Waals surface area contributed by atoms with E-state index in [0.717, 1.165) is 18.6 Å². The molecule has 2 aromatic heterocycles. The fourth-order valence-corrected chi connectivity index (χ4v) is 6.09. The van der Waals surface area contributed by atoms with Gasteiger partial charge in [-0.2, -0.15) is 0 Å². The summed E-state index contributed by atoms with van der Waals surface area (Å²) < 4.78 is 1.53. The third kappa shape index (κ3) is 5.38. The van der Waals surface area contributed by atoms with Crippen LogP contribution in [0.4, 0.5) is 11.5 Å². The maximum Gasteiger partial charge on any atom is 0.230 e. The highest BCUT2D eigenvalue weighted by Gasteiger charge is 2.47. The predicted octanol–water partition coefficient (Wildman–Crippen LogP) is 4.27. The molecule has 2 saturated carbocycles. The topological polar surface area (TPSA) is 138 Å². The second kappa shape index (κ2) is 11.3. The zero-order valence-corrected chi connectivity index (χ0v) is 23.4. The van der Waals surface area contributed by atoms with Gasteiger partial charge in [0.1, 0.15) is 6.10 Å². The number of anilines is 2. The van der Waals surface area contributed by atoms with E-state index >= 15 is 0 Å². The van der Waals surface area contributed by atoms with E-state index in [-0.39, 0.29) is 12.5 Å². The van der Waals surface area contributed by atoms with E-state index < -0.39 is 30.1 Å². The molecule has 1 amide bonds. The van der Waals surface area contributed by atoms with Crippen molar-refractivity contribution in [3.63, 3.8) is 0 Å². The van der Waals surface area contributed by atoms with Crippen molar-refractivity contribution in [2.75, 3.05) is 16.4 Å². The Morgan fingerprint density at radius 1 is 1.07 bits per heavy atom. The van der Waals surface area contributed by atoms with Gasteiger partial charge in [-0.05, 0) is 49.1 Å². The van der Waals surface area contributed by atoms with Crippen LogP contribution in [0.15, 0.2) is 59.8 Å². The van der Waals surface area contributed by atoms with Crippen LogP contribution in [0.1, 0.15) is 43.7 Å². The van der Waals surface area contributed by atoms with Crippen molar-refractivity contribution in [1.82, 2.24) is 25.0 Å². The minimum absolute atomic E-state index is 0.170. The highest BCUT2D eigenvalue weighted by atomic mass is 35.5. The van der Waals surface area contributed by atoms with Gasteiger partial charge in [-0.3, -0.25) is 4.79 Å². The normalized spacial score (nSPS) is 25.7. The Bertz CT molecular complexity index is 1500. The molecular weight excluding hydrogens is 550 g/mol. The molecule has 6 rings (SSSR count). The molecule has 10 nitrogen and oxygen atoms in total. The zero-order valence-electron chi connectivity index (χ0n) is 21.8. The molecule has 2 aromatic carbocycles. The Morgan fingerprint density at radius 2 is 1.85 bits per heavy atom. The molecule has 0 bridgehead atoms. The number of halogens is 1. The molecule has 2 fully saturated rings. The van der Waals surface area contributed by atoms with Gasteiger partial charge in [-0.15, -0.1) is 5.10 Å². The molecular formula is C28H30ClN7O3S. The third-order valence-corrected chi connectivity index (χ3v) is 8.80. The fourth-order valence-electron chi connectivity index (χ4n) is 5.27. The zero-order chi connectivity index (χ0) is 27.8. The van der Waals surface area contributed by atoms with Crippen LogP contribution in [-0.2, 0) is 4.79 Å². The van der Waals surface area contributed by atoms with Crippen LogP contribution in [-0.4, -0.2) is 65.1 Å².